The van der Waals surface area contributed by atoms with Crippen LogP contribution >= 0.6 is 0 Å². The predicted molar refractivity (Wildman–Crippen MR) is 143 cm³/mol. The molecule has 2 aromatic carbocycles. The number of carbonyl (C=O) groups excluding carboxylic acids is 1. The smallest absolute Gasteiger partial charge is 0.259 e. The molecule has 188 valence electrons. The number of benzene rings is 2. The fourth-order valence-electron chi connectivity index (χ4n) is 3.66. The molecule has 2 N–H and O–H groups in total. The topological polar surface area (TPSA) is 102 Å². The van der Waals surface area contributed by atoms with Gasteiger partial charge in [-0.05, 0) is 78.9 Å². The largest absolute Gasteiger partial charge is 0.438 e. The van der Waals surface area contributed by atoms with Gasteiger partial charge in [-0.3, -0.25) is 4.79 Å². The van der Waals surface area contributed by atoms with Gasteiger partial charge in [-0.25, -0.2) is 24.3 Å². The van der Waals surface area contributed by atoms with Crippen LogP contribution in [0.2, 0.25) is 0 Å². The molecule has 8 nitrogen and oxygen atoms in total. The Balaban J connectivity index is 1.29. The summed E-state index contributed by atoms with van der Waals surface area (Å²) in [7, 11) is 0. The monoisotopic (exact) mass is 506 g/mol. The van der Waals surface area contributed by atoms with Gasteiger partial charge in [-0.2, -0.15) is 0 Å². The lowest BCUT2D eigenvalue weighted by Crippen LogP contribution is -2.14. The molecule has 5 aromatic rings. The molecule has 0 radical (unpaired) electrons. The molecule has 0 aliphatic rings. The van der Waals surface area contributed by atoms with Gasteiger partial charge in [0.15, 0.2) is 0 Å². The molecule has 0 spiro atoms. The van der Waals surface area contributed by atoms with Gasteiger partial charge >= 0.3 is 0 Å². The molecular weight excluding hydrogens is 483 g/mol. The minimum absolute atomic E-state index is 0.339. The Morgan fingerprint density at radius 3 is 2.37 bits per heavy atom. The van der Waals surface area contributed by atoms with E-state index >= 15 is 0 Å². The average Bonchev–Trinajstić information content (AvgIpc) is 2.96. The highest BCUT2D eigenvalue weighted by Gasteiger charge is 2.14. The highest BCUT2D eigenvalue weighted by Crippen LogP contribution is 2.31. The Morgan fingerprint density at radius 1 is 0.842 bits per heavy atom. The molecule has 3 heterocycles. The molecule has 0 unspecified atom stereocenters. The number of pyridine rings is 2. The molecule has 3 aromatic heterocycles. The molecule has 0 saturated heterocycles. The first-order valence-electron chi connectivity index (χ1n) is 11.9. The molecule has 0 fully saturated rings. The second-order valence-corrected chi connectivity index (χ2v) is 8.18. The van der Waals surface area contributed by atoms with Gasteiger partial charge < -0.3 is 15.4 Å². The number of rotatable bonds is 8. The molecule has 1 amide bonds. The van der Waals surface area contributed by atoms with E-state index in [9.17, 15) is 9.18 Å². The van der Waals surface area contributed by atoms with Crippen molar-refractivity contribution in [3.63, 3.8) is 0 Å². The van der Waals surface area contributed by atoms with Crippen LogP contribution in [-0.4, -0.2) is 25.8 Å². The maximum absolute atomic E-state index is 13.2. The van der Waals surface area contributed by atoms with E-state index in [0.29, 0.717) is 34.4 Å². The number of hydrogen-bond acceptors (Lipinski definition) is 7. The normalized spacial score (nSPS) is 10.6. The Bertz CT molecular complexity index is 1560. The molecule has 0 bridgehead atoms. The van der Waals surface area contributed by atoms with Crippen LogP contribution in [0.25, 0.3) is 11.3 Å². The van der Waals surface area contributed by atoms with Gasteiger partial charge in [-0.15, -0.1) is 0 Å². The third kappa shape index (κ3) is 5.79. The van der Waals surface area contributed by atoms with Crippen LogP contribution in [0.3, 0.4) is 0 Å². The van der Waals surface area contributed by atoms with Crippen molar-refractivity contribution in [3.8, 4) is 22.9 Å². The second-order valence-electron chi connectivity index (χ2n) is 8.18. The maximum Gasteiger partial charge on any atom is 0.259 e. The molecule has 9 heteroatoms. The summed E-state index contributed by atoms with van der Waals surface area (Å²) < 4.78 is 19.3. The van der Waals surface area contributed by atoms with E-state index in [1.54, 1.807) is 67.1 Å². The molecule has 0 atom stereocenters. The fraction of sp³-hybridized carbons (Fsp3) is 0.0690. The van der Waals surface area contributed by atoms with Gasteiger partial charge in [0, 0.05) is 36.4 Å². The van der Waals surface area contributed by atoms with E-state index in [1.807, 2.05) is 25.1 Å². The van der Waals surface area contributed by atoms with E-state index in [4.69, 9.17) is 4.74 Å². The minimum Gasteiger partial charge on any atom is -0.438 e. The van der Waals surface area contributed by atoms with Crippen molar-refractivity contribution in [1.82, 2.24) is 19.9 Å². The molecule has 0 aliphatic heterocycles. The first kappa shape index (κ1) is 24.5. The molecule has 38 heavy (non-hydrogen) atoms. The number of nitrogens with one attached hydrogen (secondary N) is 2. The van der Waals surface area contributed by atoms with Crippen LogP contribution < -0.4 is 15.4 Å². The SMILES string of the molecule is CCc1nccc(-c2cccnc2Oc2ccc(NC(=O)c3cccnc3Nc3ccc(F)cc3)cc2)n1. The summed E-state index contributed by atoms with van der Waals surface area (Å²) in [5.41, 5.74) is 3.00. The lowest BCUT2D eigenvalue weighted by molar-refractivity contribution is 0.102. The van der Waals surface area contributed by atoms with Gasteiger partial charge in [0.05, 0.1) is 16.8 Å². The first-order chi connectivity index (χ1) is 18.6. The molecule has 5 rings (SSSR count). The van der Waals surface area contributed by atoms with E-state index in [1.165, 1.54) is 12.1 Å². The molecular formula is C29H23FN6O2. The zero-order chi connectivity index (χ0) is 26.3. The van der Waals surface area contributed by atoms with Gasteiger partial charge in [0.25, 0.3) is 5.91 Å². The first-order valence-corrected chi connectivity index (χ1v) is 11.9. The minimum atomic E-state index is -0.348. The van der Waals surface area contributed by atoms with E-state index < -0.39 is 0 Å². The summed E-state index contributed by atoms with van der Waals surface area (Å²) >= 11 is 0. The number of halogens is 1. The number of aromatic nitrogens is 4. The van der Waals surface area contributed by atoms with Crippen LogP contribution in [0.15, 0.2) is 97.5 Å². The van der Waals surface area contributed by atoms with E-state index in [0.717, 1.165) is 23.5 Å². The van der Waals surface area contributed by atoms with Crippen LogP contribution in [0.4, 0.5) is 21.6 Å². The number of anilines is 3. The third-order valence-corrected chi connectivity index (χ3v) is 5.55. The van der Waals surface area contributed by atoms with Crippen molar-refractivity contribution in [3.05, 3.63) is 115 Å². The van der Waals surface area contributed by atoms with Crippen molar-refractivity contribution >= 4 is 23.1 Å². The number of aryl methyl sites for hydroxylation is 1. The van der Waals surface area contributed by atoms with E-state index in [-0.39, 0.29) is 11.7 Å². The summed E-state index contributed by atoms with van der Waals surface area (Å²) in [4.78, 5) is 30.5. The zero-order valence-electron chi connectivity index (χ0n) is 20.4. The zero-order valence-corrected chi connectivity index (χ0v) is 20.4. The van der Waals surface area contributed by atoms with Crippen molar-refractivity contribution in [2.24, 2.45) is 0 Å². The molecule has 0 saturated carbocycles. The van der Waals surface area contributed by atoms with Crippen LogP contribution in [0, 0.1) is 5.82 Å². The van der Waals surface area contributed by atoms with Gasteiger partial charge in [0.2, 0.25) is 5.88 Å². The van der Waals surface area contributed by atoms with Crippen molar-refractivity contribution in [2.45, 2.75) is 13.3 Å². The Morgan fingerprint density at radius 2 is 1.58 bits per heavy atom. The van der Waals surface area contributed by atoms with Crippen molar-refractivity contribution in [1.29, 1.82) is 0 Å². The Hall–Kier alpha value is -5.18. The van der Waals surface area contributed by atoms with Crippen LogP contribution in [0.5, 0.6) is 11.6 Å². The van der Waals surface area contributed by atoms with Crippen LogP contribution in [-0.2, 0) is 6.42 Å². The third-order valence-electron chi connectivity index (χ3n) is 5.55. The predicted octanol–water partition coefficient (Wildman–Crippen LogP) is 6.42. The van der Waals surface area contributed by atoms with Gasteiger partial charge in [0.1, 0.15) is 23.2 Å². The number of ether oxygens (including phenoxy) is 1. The summed E-state index contributed by atoms with van der Waals surface area (Å²) in [5, 5.41) is 5.92. The highest BCUT2D eigenvalue weighted by atomic mass is 19.1. The van der Waals surface area contributed by atoms with Gasteiger partial charge in [-0.1, -0.05) is 6.92 Å². The Kier molecular flexibility index (Phi) is 7.26. The summed E-state index contributed by atoms with van der Waals surface area (Å²) in [6.07, 6.45) is 5.67. The lowest BCUT2D eigenvalue weighted by atomic mass is 10.2. The standard InChI is InChI=1S/C29H23FN6O2/c1-2-26-31-18-15-25(36-26)23-5-3-17-33-29(23)38-22-13-11-21(12-14-22)35-28(37)24-6-4-16-32-27(24)34-20-9-7-19(30)8-10-20/h3-18H,2H2,1H3,(H,32,34)(H,35,37). The number of amides is 1. The van der Waals surface area contributed by atoms with E-state index in [2.05, 4.69) is 30.6 Å². The fourth-order valence-corrected chi connectivity index (χ4v) is 3.66. The summed E-state index contributed by atoms with van der Waals surface area (Å²) in [6.45, 7) is 2.00. The van der Waals surface area contributed by atoms with Crippen LogP contribution in [0.1, 0.15) is 23.1 Å². The molecule has 0 aliphatic carbocycles. The number of nitrogens with zero attached hydrogens (tertiary/aromatic N) is 4. The summed E-state index contributed by atoms with van der Waals surface area (Å²) in [6, 6.07) is 21.6. The lowest BCUT2D eigenvalue weighted by Gasteiger charge is -2.12. The summed E-state index contributed by atoms with van der Waals surface area (Å²) in [5.74, 6) is 1.36. The Labute approximate surface area is 218 Å². The quantitative estimate of drug-likeness (QED) is 0.250. The highest BCUT2D eigenvalue weighted by molar-refractivity contribution is 6.07. The van der Waals surface area contributed by atoms with Crippen molar-refractivity contribution in [2.75, 3.05) is 10.6 Å². The number of hydrogen-bond donors (Lipinski definition) is 2. The van der Waals surface area contributed by atoms with Crippen molar-refractivity contribution < 1.29 is 13.9 Å². The maximum atomic E-state index is 13.2. The number of carbonyl (C=O) groups is 1. The average molecular weight is 507 g/mol. The second kappa shape index (κ2) is 11.3.